The van der Waals surface area contributed by atoms with Crippen molar-refractivity contribution in [2.75, 3.05) is 17.6 Å². The van der Waals surface area contributed by atoms with Crippen LogP contribution in [0.2, 0.25) is 0 Å². The van der Waals surface area contributed by atoms with E-state index in [4.69, 9.17) is 11.5 Å². The highest BCUT2D eigenvalue weighted by atomic mass is 19.1. The summed E-state index contributed by atoms with van der Waals surface area (Å²) >= 11 is 0. The lowest BCUT2D eigenvalue weighted by Crippen LogP contribution is -2.24. The van der Waals surface area contributed by atoms with Crippen LogP contribution in [0.25, 0.3) is 5.69 Å². The molecule has 32 heavy (non-hydrogen) atoms. The first-order valence-electron chi connectivity index (χ1n) is 10.7. The molecule has 166 valence electrons. The molecule has 8 heteroatoms. The summed E-state index contributed by atoms with van der Waals surface area (Å²) in [5.41, 5.74) is 17.2. The van der Waals surface area contributed by atoms with Gasteiger partial charge in [-0.3, -0.25) is 4.99 Å². The second kappa shape index (κ2) is 10.4. The number of para-hydroxylation sites is 1. The Morgan fingerprint density at radius 3 is 2.41 bits per heavy atom. The number of aliphatic imine (C=N–C) groups is 1. The minimum atomic E-state index is -0.350. The fourth-order valence-electron chi connectivity index (χ4n) is 3.57. The average Bonchev–Trinajstić information content (AvgIpc) is 3.12. The van der Waals surface area contributed by atoms with Crippen molar-refractivity contribution in [3.63, 3.8) is 0 Å². The summed E-state index contributed by atoms with van der Waals surface area (Å²) in [5, 5.41) is 17.2. The number of nitrogens with zero attached hydrogens (tertiary/aromatic N) is 4. The lowest BCUT2D eigenvalue weighted by atomic mass is 10.0. The van der Waals surface area contributed by atoms with Crippen LogP contribution in [0.4, 0.5) is 15.9 Å². The SMILES string of the molecule is CCc1cccc(CC)c1NC(N)=NCCCc1nn(-c2ccc(F)cc2)c(N)c1C#N. The maximum atomic E-state index is 13.2. The summed E-state index contributed by atoms with van der Waals surface area (Å²) in [6.07, 6.45) is 2.97. The second-order valence-corrected chi connectivity index (χ2v) is 7.36. The van der Waals surface area contributed by atoms with E-state index in [1.807, 2.05) is 0 Å². The van der Waals surface area contributed by atoms with E-state index in [1.165, 1.54) is 27.9 Å². The van der Waals surface area contributed by atoms with Crippen LogP contribution in [0, 0.1) is 17.1 Å². The zero-order valence-electron chi connectivity index (χ0n) is 18.4. The highest BCUT2D eigenvalue weighted by Gasteiger charge is 2.16. The van der Waals surface area contributed by atoms with Crippen molar-refractivity contribution in [3.05, 3.63) is 70.7 Å². The average molecular weight is 434 g/mol. The summed E-state index contributed by atoms with van der Waals surface area (Å²) in [6, 6.07) is 14.1. The van der Waals surface area contributed by atoms with E-state index < -0.39 is 0 Å². The van der Waals surface area contributed by atoms with Crippen LogP contribution in [0.5, 0.6) is 0 Å². The zero-order chi connectivity index (χ0) is 23.1. The molecule has 0 aliphatic carbocycles. The summed E-state index contributed by atoms with van der Waals surface area (Å²) < 4.78 is 14.7. The first-order valence-corrected chi connectivity index (χ1v) is 10.7. The van der Waals surface area contributed by atoms with E-state index >= 15 is 0 Å². The normalized spacial score (nSPS) is 11.4. The molecule has 5 N–H and O–H groups in total. The first kappa shape index (κ1) is 22.8. The molecule has 1 heterocycles. The largest absolute Gasteiger partial charge is 0.382 e. The Hall–Kier alpha value is -3.86. The number of guanidine groups is 1. The van der Waals surface area contributed by atoms with Gasteiger partial charge < -0.3 is 16.8 Å². The van der Waals surface area contributed by atoms with Gasteiger partial charge in [0, 0.05) is 12.2 Å². The number of nitriles is 1. The fourth-order valence-corrected chi connectivity index (χ4v) is 3.57. The van der Waals surface area contributed by atoms with Crippen LogP contribution in [0.1, 0.15) is 42.7 Å². The van der Waals surface area contributed by atoms with Crippen molar-refractivity contribution in [1.29, 1.82) is 5.26 Å². The van der Waals surface area contributed by atoms with Crippen molar-refractivity contribution in [2.45, 2.75) is 39.5 Å². The van der Waals surface area contributed by atoms with Gasteiger partial charge in [-0.05, 0) is 61.1 Å². The number of aromatic nitrogens is 2. The minimum absolute atomic E-state index is 0.238. The molecule has 0 bridgehead atoms. The molecular weight excluding hydrogens is 405 g/mol. The summed E-state index contributed by atoms with van der Waals surface area (Å²) in [4.78, 5) is 4.43. The van der Waals surface area contributed by atoms with E-state index in [9.17, 15) is 9.65 Å². The van der Waals surface area contributed by atoms with Crippen LogP contribution in [-0.4, -0.2) is 22.3 Å². The van der Waals surface area contributed by atoms with Gasteiger partial charge in [0.05, 0.1) is 11.4 Å². The second-order valence-electron chi connectivity index (χ2n) is 7.36. The van der Waals surface area contributed by atoms with Gasteiger partial charge in [0.25, 0.3) is 0 Å². The zero-order valence-corrected chi connectivity index (χ0v) is 18.4. The van der Waals surface area contributed by atoms with Crippen molar-refractivity contribution in [3.8, 4) is 11.8 Å². The van der Waals surface area contributed by atoms with Gasteiger partial charge in [-0.25, -0.2) is 9.07 Å². The quantitative estimate of drug-likeness (QED) is 0.282. The molecule has 0 aliphatic rings. The third-order valence-electron chi connectivity index (χ3n) is 5.28. The predicted molar refractivity (Wildman–Crippen MR) is 126 cm³/mol. The Bertz CT molecular complexity index is 1120. The van der Waals surface area contributed by atoms with Crippen LogP contribution in [0.15, 0.2) is 47.5 Å². The molecule has 0 amide bonds. The standard InChI is InChI=1S/C24H28FN7/c1-3-16-7-5-8-17(4-2)22(16)30-24(28)29-14-6-9-21-20(15-26)23(27)32(31-21)19-12-10-18(25)11-13-19/h5,7-8,10-13H,3-4,6,9,14,27H2,1-2H3,(H3,28,29,30). The van der Waals surface area contributed by atoms with Gasteiger partial charge in [-0.2, -0.15) is 10.4 Å². The molecule has 0 atom stereocenters. The van der Waals surface area contributed by atoms with E-state index in [1.54, 1.807) is 12.1 Å². The molecule has 0 fully saturated rings. The Morgan fingerprint density at radius 2 is 1.81 bits per heavy atom. The Balaban J connectivity index is 1.67. The summed E-state index contributed by atoms with van der Waals surface area (Å²) in [7, 11) is 0. The molecule has 1 aromatic heterocycles. The van der Waals surface area contributed by atoms with E-state index in [0.29, 0.717) is 42.3 Å². The number of hydrogen-bond donors (Lipinski definition) is 3. The Morgan fingerprint density at radius 1 is 1.16 bits per heavy atom. The summed E-state index contributed by atoms with van der Waals surface area (Å²) in [5.74, 6) is 0.247. The van der Waals surface area contributed by atoms with E-state index in [-0.39, 0.29) is 11.6 Å². The molecule has 0 spiro atoms. The topological polar surface area (TPSA) is 118 Å². The van der Waals surface area contributed by atoms with Gasteiger partial charge in [0.2, 0.25) is 0 Å². The third-order valence-corrected chi connectivity index (χ3v) is 5.28. The number of hydrogen-bond acceptors (Lipinski definition) is 4. The van der Waals surface area contributed by atoms with Crippen molar-refractivity contribution >= 4 is 17.5 Å². The van der Waals surface area contributed by atoms with Gasteiger partial charge in [0.1, 0.15) is 23.3 Å². The maximum Gasteiger partial charge on any atom is 0.193 e. The predicted octanol–water partition coefficient (Wildman–Crippen LogP) is 3.95. The van der Waals surface area contributed by atoms with Gasteiger partial charge in [0.15, 0.2) is 5.96 Å². The molecule has 0 radical (unpaired) electrons. The van der Waals surface area contributed by atoms with Crippen molar-refractivity contribution in [2.24, 2.45) is 10.7 Å². The number of nitrogen functional groups attached to an aromatic ring is 1. The first-order chi connectivity index (χ1) is 15.5. The molecule has 0 saturated heterocycles. The van der Waals surface area contributed by atoms with Crippen molar-refractivity contribution < 1.29 is 4.39 Å². The number of halogens is 1. The summed E-state index contributed by atoms with van der Waals surface area (Å²) in [6.45, 7) is 4.69. The monoisotopic (exact) mass is 433 g/mol. The number of aryl methyl sites for hydroxylation is 3. The highest BCUT2D eigenvalue weighted by Crippen LogP contribution is 2.23. The lowest BCUT2D eigenvalue weighted by molar-refractivity contribution is 0.627. The fraction of sp³-hybridized carbons (Fsp3) is 0.292. The van der Waals surface area contributed by atoms with Gasteiger partial charge >= 0.3 is 0 Å². The number of nitrogens with two attached hydrogens (primary N) is 2. The minimum Gasteiger partial charge on any atom is -0.382 e. The third kappa shape index (κ3) is 5.06. The highest BCUT2D eigenvalue weighted by molar-refractivity contribution is 5.93. The maximum absolute atomic E-state index is 13.2. The molecule has 0 unspecified atom stereocenters. The molecule has 2 aromatic carbocycles. The molecule has 3 aromatic rings. The Kier molecular flexibility index (Phi) is 7.45. The number of rotatable bonds is 8. The van der Waals surface area contributed by atoms with Crippen LogP contribution in [0.3, 0.4) is 0 Å². The van der Waals surface area contributed by atoms with Crippen LogP contribution in [-0.2, 0) is 19.3 Å². The number of benzene rings is 2. The number of nitrogens with one attached hydrogen (secondary N) is 1. The molecule has 0 aliphatic heterocycles. The molecule has 3 rings (SSSR count). The van der Waals surface area contributed by atoms with E-state index in [0.717, 1.165) is 18.5 Å². The van der Waals surface area contributed by atoms with Gasteiger partial charge in [-0.15, -0.1) is 0 Å². The van der Waals surface area contributed by atoms with E-state index in [2.05, 4.69) is 53.5 Å². The Labute approximate surface area is 187 Å². The lowest BCUT2D eigenvalue weighted by Gasteiger charge is -2.14. The molecular formula is C24H28FN7. The number of anilines is 2. The van der Waals surface area contributed by atoms with Crippen LogP contribution >= 0.6 is 0 Å². The van der Waals surface area contributed by atoms with Crippen molar-refractivity contribution in [1.82, 2.24) is 9.78 Å². The molecule has 7 nitrogen and oxygen atoms in total. The van der Waals surface area contributed by atoms with Crippen LogP contribution < -0.4 is 16.8 Å². The smallest absolute Gasteiger partial charge is 0.193 e. The molecule has 0 saturated carbocycles. The van der Waals surface area contributed by atoms with Gasteiger partial charge in [-0.1, -0.05) is 32.0 Å².